The van der Waals surface area contributed by atoms with Crippen LogP contribution in [0.1, 0.15) is 48.8 Å². The number of nitrogens with zero attached hydrogens (tertiary/aromatic N) is 1. The Labute approximate surface area is 228 Å². The van der Waals surface area contributed by atoms with Gasteiger partial charge in [0.1, 0.15) is 11.8 Å². The maximum absolute atomic E-state index is 13.9. The van der Waals surface area contributed by atoms with Gasteiger partial charge in [-0.2, -0.15) is 0 Å². The highest BCUT2D eigenvalue weighted by molar-refractivity contribution is 9.10. The summed E-state index contributed by atoms with van der Waals surface area (Å²) in [5, 5.41) is 3.29. The molecule has 0 saturated heterocycles. The van der Waals surface area contributed by atoms with Crippen molar-refractivity contribution >= 4 is 27.7 Å². The Kier molecular flexibility index (Phi) is 9.78. The number of methoxy groups -OCH3 is 1. The molecule has 4 rings (SSSR count). The van der Waals surface area contributed by atoms with Gasteiger partial charge in [-0.25, -0.2) is 0 Å². The van der Waals surface area contributed by atoms with Crippen LogP contribution >= 0.6 is 15.9 Å². The van der Waals surface area contributed by atoms with Crippen molar-refractivity contribution in [2.75, 3.05) is 7.11 Å². The lowest BCUT2D eigenvalue weighted by molar-refractivity contribution is -0.141. The Bertz CT molecular complexity index is 1140. The van der Waals surface area contributed by atoms with Crippen molar-refractivity contribution in [3.63, 3.8) is 0 Å². The smallest absolute Gasteiger partial charge is 0.243 e. The zero-order valence-corrected chi connectivity index (χ0v) is 23.0. The quantitative estimate of drug-likeness (QED) is 0.325. The van der Waals surface area contributed by atoms with Crippen LogP contribution in [-0.2, 0) is 29.0 Å². The van der Waals surface area contributed by atoms with Gasteiger partial charge in [0, 0.05) is 23.5 Å². The van der Waals surface area contributed by atoms with Gasteiger partial charge < -0.3 is 15.0 Å². The number of carbonyl (C=O) groups excluding carboxylic acids is 2. The molecule has 0 aliphatic heterocycles. The predicted octanol–water partition coefficient (Wildman–Crippen LogP) is 6.09. The van der Waals surface area contributed by atoms with E-state index >= 15 is 0 Å². The number of ether oxygens (including phenoxy) is 1. The number of benzene rings is 3. The molecule has 0 unspecified atom stereocenters. The fourth-order valence-corrected chi connectivity index (χ4v) is 5.17. The summed E-state index contributed by atoms with van der Waals surface area (Å²) in [5.74, 6) is 0.598. The third kappa shape index (κ3) is 7.93. The van der Waals surface area contributed by atoms with Crippen LogP contribution in [0, 0.1) is 0 Å². The third-order valence-electron chi connectivity index (χ3n) is 7.00. The van der Waals surface area contributed by atoms with Gasteiger partial charge in [-0.15, -0.1) is 0 Å². The summed E-state index contributed by atoms with van der Waals surface area (Å²) in [4.78, 5) is 29.4. The van der Waals surface area contributed by atoms with Crippen LogP contribution in [0.3, 0.4) is 0 Å². The molecule has 1 atom stereocenters. The molecule has 1 saturated carbocycles. The van der Waals surface area contributed by atoms with Crippen molar-refractivity contribution in [3.05, 3.63) is 100 Å². The van der Waals surface area contributed by atoms with E-state index in [1.165, 1.54) is 6.42 Å². The molecule has 1 N–H and O–H groups in total. The zero-order valence-electron chi connectivity index (χ0n) is 21.4. The topological polar surface area (TPSA) is 58.6 Å². The average molecular weight is 564 g/mol. The summed E-state index contributed by atoms with van der Waals surface area (Å²) in [5.41, 5.74) is 2.90. The molecule has 3 aromatic carbocycles. The Morgan fingerprint density at radius 1 is 0.892 bits per heavy atom. The van der Waals surface area contributed by atoms with E-state index in [1.807, 2.05) is 78.9 Å². The van der Waals surface area contributed by atoms with Crippen molar-refractivity contribution in [2.24, 2.45) is 0 Å². The molecular weight excluding hydrogens is 528 g/mol. The lowest BCUT2D eigenvalue weighted by Crippen LogP contribution is -2.53. The van der Waals surface area contributed by atoms with E-state index in [9.17, 15) is 9.59 Å². The summed E-state index contributed by atoms with van der Waals surface area (Å²) >= 11 is 3.49. The van der Waals surface area contributed by atoms with E-state index < -0.39 is 6.04 Å². The van der Waals surface area contributed by atoms with E-state index in [0.717, 1.165) is 52.6 Å². The minimum Gasteiger partial charge on any atom is -0.497 e. The van der Waals surface area contributed by atoms with Gasteiger partial charge in [-0.1, -0.05) is 89.8 Å². The molecule has 1 aliphatic carbocycles. The molecule has 3 aromatic rings. The predicted molar refractivity (Wildman–Crippen MR) is 150 cm³/mol. The second-order valence-corrected chi connectivity index (χ2v) is 10.6. The highest BCUT2D eigenvalue weighted by Crippen LogP contribution is 2.21. The van der Waals surface area contributed by atoms with Crippen LogP contribution in [0.4, 0.5) is 0 Å². The Morgan fingerprint density at radius 3 is 2.19 bits per heavy atom. The number of hydrogen-bond acceptors (Lipinski definition) is 3. The molecule has 194 valence electrons. The highest BCUT2D eigenvalue weighted by atomic mass is 79.9. The molecule has 0 radical (unpaired) electrons. The van der Waals surface area contributed by atoms with Crippen LogP contribution in [-0.4, -0.2) is 35.9 Å². The molecule has 6 heteroatoms. The van der Waals surface area contributed by atoms with E-state index in [2.05, 4.69) is 21.2 Å². The van der Waals surface area contributed by atoms with E-state index in [4.69, 9.17) is 4.74 Å². The summed E-state index contributed by atoms with van der Waals surface area (Å²) in [6.45, 7) is 0.359. The van der Waals surface area contributed by atoms with E-state index in [1.54, 1.807) is 12.0 Å². The number of amides is 2. The molecule has 37 heavy (non-hydrogen) atoms. The van der Waals surface area contributed by atoms with E-state index in [-0.39, 0.29) is 24.3 Å². The van der Waals surface area contributed by atoms with Crippen molar-refractivity contribution in [1.82, 2.24) is 10.2 Å². The van der Waals surface area contributed by atoms with Crippen LogP contribution in [0.25, 0.3) is 0 Å². The van der Waals surface area contributed by atoms with E-state index in [0.29, 0.717) is 13.0 Å². The Balaban J connectivity index is 1.63. The van der Waals surface area contributed by atoms with Crippen LogP contribution in [0.15, 0.2) is 83.3 Å². The fraction of sp³-hybridized carbons (Fsp3) is 0.355. The molecule has 0 bridgehead atoms. The Hall–Kier alpha value is -3.12. The highest BCUT2D eigenvalue weighted by Gasteiger charge is 2.32. The van der Waals surface area contributed by atoms with Crippen molar-refractivity contribution < 1.29 is 14.3 Å². The standard InChI is InChI=1S/C31H35BrN2O3/c1-37-28-18-14-24(15-19-28)21-30(35)34(22-25-12-16-26(32)17-13-25)29(20-23-8-4-2-5-9-23)31(36)33-27-10-6-3-7-11-27/h2,4-5,8-9,12-19,27,29H,3,6-7,10-11,20-22H2,1H3,(H,33,36)/t29-/m0/s1. The number of rotatable bonds is 10. The molecule has 5 nitrogen and oxygen atoms in total. The molecule has 0 aromatic heterocycles. The SMILES string of the molecule is COc1ccc(CC(=O)N(Cc2ccc(Br)cc2)[C@@H](Cc2ccccc2)C(=O)NC2CCCCC2)cc1. The normalized spacial score (nSPS) is 14.5. The Morgan fingerprint density at radius 2 is 1.54 bits per heavy atom. The van der Waals surface area contributed by atoms with Gasteiger partial charge in [0.25, 0.3) is 0 Å². The average Bonchev–Trinajstić information content (AvgIpc) is 2.93. The molecule has 0 spiro atoms. The second kappa shape index (κ2) is 13.4. The summed E-state index contributed by atoms with van der Waals surface area (Å²) in [6.07, 6.45) is 6.15. The van der Waals surface area contributed by atoms with Crippen LogP contribution in [0.5, 0.6) is 5.75 Å². The number of halogens is 1. The maximum atomic E-state index is 13.9. The monoisotopic (exact) mass is 562 g/mol. The lowest BCUT2D eigenvalue weighted by atomic mass is 9.94. The summed E-state index contributed by atoms with van der Waals surface area (Å²) in [7, 11) is 1.62. The van der Waals surface area contributed by atoms with Crippen molar-refractivity contribution in [3.8, 4) is 5.75 Å². The third-order valence-corrected chi connectivity index (χ3v) is 7.53. The first kappa shape index (κ1) is 26.9. The lowest BCUT2D eigenvalue weighted by Gasteiger charge is -2.33. The van der Waals surface area contributed by atoms with Crippen molar-refractivity contribution in [1.29, 1.82) is 0 Å². The minimum atomic E-state index is -0.612. The largest absolute Gasteiger partial charge is 0.497 e. The number of carbonyl (C=O) groups is 2. The second-order valence-electron chi connectivity index (χ2n) is 9.72. The van der Waals surface area contributed by atoms with Gasteiger partial charge in [0.05, 0.1) is 13.5 Å². The molecule has 1 aliphatic rings. The van der Waals surface area contributed by atoms with Gasteiger partial charge >= 0.3 is 0 Å². The fourth-order valence-electron chi connectivity index (χ4n) is 4.90. The minimum absolute atomic E-state index is 0.0732. The first-order valence-corrected chi connectivity index (χ1v) is 13.8. The first-order chi connectivity index (χ1) is 18.0. The van der Waals surface area contributed by atoms with Gasteiger partial charge in [0.15, 0.2) is 0 Å². The zero-order chi connectivity index (χ0) is 26.0. The molecular formula is C31H35BrN2O3. The van der Waals surface area contributed by atoms with Crippen molar-refractivity contribution in [2.45, 2.75) is 63.6 Å². The molecule has 1 fully saturated rings. The molecule has 0 heterocycles. The van der Waals surface area contributed by atoms with Crippen LogP contribution < -0.4 is 10.1 Å². The number of nitrogens with one attached hydrogen (secondary N) is 1. The first-order valence-electron chi connectivity index (χ1n) is 13.0. The van der Waals surface area contributed by atoms with Crippen LogP contribution in [0.2, 0.25) is 0 Å². The van der Waals surface area contributed by atoms with Gasteiger partial charge in [-0.05, 0) is 53.8 Å². The summed E-state index contributed by atoms with van der Waals surface area (Å²) in [6, 6.07) is 25.0. The van der Waals surface area contributed by atoms with Gasteiger partial charge in [0.2, 0.25) is 11.8 Å². The van der Waals surface area contributed by atoms with Gasteiger partial charge in [-0.3, -0.25) is 9.59 Å². The molecule has 2 amide bonds. The number of hydrogen-bond donors (Lipinski definition) is 1. The summed E-state index contributed by atoms with van der Waals surface area (Å²) < 4.78 is 6.24. The maximum Gasteiger partial charge on any atom is 0.243 e.